The fourth-order valence-corrected chi connectivity index (χ4v) is 0. The van der Waals surface area contributed by atoms with Crippen LogP contribution in [-0.4, -0.2) is 11.0 Å². The molecule has 0 aromatic carbocycles. The van der Waals surface area contributed by atoms with E-state index in [4.69, 9.17) is 0 Å². The van der Waals surface area contributed by atoms with Crippen molar-refractivity contribution >= 4 is 26.5 Å². The molecule has 0 spiro atoms. The molecule has 0 aromatic rings. The third-order valence-corrected chi connectivity index (χ3v) is 0.736. The molecule has 30 valence electrons. The van der Waals surface area contributed by atoms with Gasteiger partial charge in [-0.2, -0.15) is 0 Å². The van der Waals surface area contributed by atoms with Gasteiger partial charge in [-0.15, -0.1) is 0 Å². The highest BCUT2D eigenvalue weighted by atomic mass is 127. The Morgan fingerprint density at radius 1 is 2.00 bits per heavy atom. The summed E-state index contributed by atoms with van der Waals surface area (Å²) in [6.07, 6.45) is 0. The van der Waals surface area contributed by atoms with Gasteiger partial charge in [-0.3, -0.25) is 4.79 Å². The van der Waals surface area contributed by atoms with Crippen molar-refractivity contribution in [3.05, 3.63) is 0 Å². The molecule has 5 heavy (non-hydrogen) atoms. The van der Waals surface area contributed by atoms with E-state index in [1.165, 1.54) is 0 Å². The van der Waals surface area contributed by atoms with Crippen molar-refractivity contribution in [2.45, 2.75) is 0 Å². The number of carbonyl (C=O) groups is 1. The summed E-state index contributed by atoms with van der Waals surface area (Å²) in [6.45, 7) is 0. The van der Waals surface area contributed by atoms with Crippen LogP contribution in [0.3, 0.4) is 0 Å². The quantitative estimate of drug-likeness (QED) is 0.337. The number of nitrogens with one attached hydrogen (secondary N) is 1. The van der Waals surface area contributed by atoms with Crippen LogP contribution in [0.5, 0.6) is 0 Å². The first kappa shape index (κ1) is 5.20. The Morgan fingerprint density at radius 3 is 2.20 bits per heavy atom. The summed E-state index contributed by atoms with van der Waals surface area (Å²) in [5.74, 6) is 0. The van der Waals surface area contributed by atoms with Crippen molar-refractivity contribution in [3.8, 4) is 0 Å². The van der Waals surface area contributed by atoms with Crippen molar-refractivity contribution in [3.63, 3.8) is 0 Å². The van der Waals surface area contributed by atoms with Crippen LogP contribution in [0.25, 0.3) is 0 Å². The average molecular weight is 185 g/mol. The molecule has 0 saturated heterocycles. The molecule has 0 aliphatic carbocycles. The lowest BCUT2D eigenvalue weighted by molar-refractivity contribution is 0.264. The molecule has 0 atom stereocenters. The van der Waals surface area contributed by atoms with E-state index >= 15 is 0 Å². The largest absolute Gasteiger partial charge is 0.351 e. The summed E-state index contributed by atoms with van der Waals surface area (Å²) in [5.41, 5.74) is 0. The Morgan fingerprint density at radius 2 is 2.20 bits per heavy atom. The summed E-state index contributed by atoms with van der Waals surface area (Å²) >= 11 is 1.66. The van der Waals surface area contributed by atoms with Gasteiger partial charge in [-0.25, -0.2) is 0 Å². The van der Waals surface area contributed by atoms with Gasteiger partial charge in [0.05, 0.1) is 0 Å². The van der Waals surface area contributed by atoms with Gasteiger partial charge in [0.1, 0.15) is 0 Å². The van der Waals surface area contributed by atoms with E-state index in [-0.39, 0.29) is 3.91 Å². The molecular formula is C2H4INO. The van der Waals surface area contributed by atoms with Crippen molar-refractivity contribution in [2.75, 3.05) is 7.05 Å². The zero-order valence-electron chi connectivity index (χ0n) is 2.79. The Kier molecular flexibility index (Phi) is 2.54. The first-order valence-corrected chi connectivity index (χ1v) is 2.22. The number of carbonyl (C=O) groups excluding carboxylic acids is 1. The van der Waals surface area contributed by atoms with Crippen LogP contribution in [-0.2, 0) is 0 Å². The van der Waals surface area contributed by atoms with E-state index < -0.39 is 0 Å². The molecule has 0 unspecified atom stereocenters. The molecule has 0 fully saturated rings. The highest BCUT2D eigenvalue weighted by Gasteiger charge is 1.76. The van der Waals surface area contributed by atoms with Gasteiger partial charge in [-0.05, 0) is 0 Å². The van der Waals surface area contributed by atoms with E-state index in [9.17, 15) is 4.79 Å². The molecule has 0 bridgehead atoms. The SMILES string of the molecule is CNC(=O)I. The summed E-state index contributed by atoms with van der Waals surface area (Å²) in [7, 11) is 1.59. The molecule has 0 aromatic heterocycles. The standard InChI is InChI=1S/C2H4INO/c1-4-2(3)5/h1H3,(H,4,5). The van der Waals surface area contributed by atoms with Crippen molar-refractivity contribution < 1.29 is 4.79 Å². The highest BCUT2D eigenvalue weighted by Crippen LogP contribution is 1.76. The summed E-state index contributed by atoms with van der Waals surface area (Å²) in [5, 5.41) is 2.38. The van der Waals surface area contributed by atoms with Crippen LogP contribution < -0.4 is 5.32 Å². The lowest BCUT2D eigenvalue weighted by Gasteiger charge is -1.77. The van der Waals surface area contributed by atoms with Crippen LogP contribution >= 0.6 is 22.6 Å². The van der Waals surface area contributed by atoms with Gasteiger partial charge in [0, 0.05) is 29.6 Å². The number of hydrogen-bond donors (Lipinski definition) is 1. The Labute approximate surface area is 44.1 Å². The third-order valence-electron chi connectivity index (χ3n) is 0.197. The maximum absolute atomic E-state index is 9.69. The average Bonchev–Trinajstić information content (AvgIpc) is 1.38. The fraction of sp³-hybridized carbons (Fsp3) is 0.500. The van der Waals surface area contributed by atoms with Gasteiger partial charge in [0.25, 0.3) is 3.91 Å². The van der Waals surface area contributed by atoms with E-state index in [1.807, 2.05) is 0 Å². The topological polar surface area (TPSA) is 29.1 Å². The van der Waals surface area contributed by atoms with Crippen LogP contribution in [0.1, 0.15) is 0 Å². The minimum atomic E-state index is -0.0254. The molecule has 3 heteroatoms. The predicted octanol–water partition coefficient (Wildman–Crippen LogP) is 0.761. The summed E-state index contributed by atoms with van der Waals surface area (Å²) < 4.78 is -0.0254. The van der Waals surface area contributed by atoms with Crippen molar-refractivity contribution in [1.82, 2.24) is 5.32 Å². The second-order valence-corrected chi connectivity index (χ2v) is 1.50. The van der Waals surface area contributed by atoms with Crippen molar-refractivity contribution in [1.29, 1.82) is 0 Å². The number of amides is 1. The zero-order valence-corrected chi connectivity index (χ0v) is 4.94. The Hall–Kier alpha value is 0.200. The molecule has 2 nitrogen and oxygen atoms in total. The van der Waals surface area contributed by atoms with Crippen LogP contribution in [0, 0.1) is 0 Å². The van der Waals surface area contributed by atoms with Gasteiger partial charge in [0.15, 0.2) is 0 Å². The molecule has 0 aliphatic rings. The maximum atomic E-state index is 9.69. The first-order chi connectivity index (χ1) is 2.27. The second-order valence-electron chi connectivity index (χ2n) is 0.524. The Bertz CT molecular complexity index is 44.9. The molecule has 0 radical (unpaired) electrons. The van der Waals surface area contributed by atoms with Gasteiger partial charge in [0.2, 0.25) is 0 Å². The summed E-state index contributed by atoms with van der Waals surface area (Å²) in [4.78, 5) is 9.69. The zero-order chi connectivity index (χ0) is 4.28. The maximum Gasteiger partial charge on any atom is 0.280 e. The van der Waals surface area contributed by atoms with Gasteiger partial charge < -0.3 is 5.32 Å². The number of rotatable bonds is 0. The number of halogens is 1. The molecule has 1 N–H and O–H groups in total. The second kappa shape index (κ2) is 2.44. The third kappa shape index (κ3) is 4.20. The molecule has 0 heterocycles. The Balaban J connectivity index is 2.85. The summed E-state index contributed by atoms with van der Waals surface area (Å²) in [6, 6.07) is 0. The minimum Gasteiger partial charge on any atom is -0.351 e. The van der Waals surface area contributed by atoms with Crippen LogP contribution in [0.4, 0.5) is 4.79 Å². The van der Waals surface area contributed by atoms with Gasteiger partial charge >= 0.3 is 0 Å². The van der Waals surface area contributed by atoms with E-state index in [0.29, 0.717) is 0 Å². The van der Waals surface area contributed by atoms with Gasteiger partial charge in [-0.1, -0.05) is 0 Å². The molecule has 1 amide bonds. The lowest BCUT2D eigenvalue weighted by Crippen LogP contribution is -2.05. The highest BCUT2D eigenvalue weighted by molar-refractivity contribution is 14.1. The van der Waals surface area contributed by atoms with Crippen molar-refractivity contribution in [2.24, 2.45) is 0 Å². The van der Waals surface area contributed by atoms with Crippen LogP contribution in [0.2, 0.25) is 0 Å². The number of hydrogen-bond acceptors (Lipinski definition) is 1. The molecule has 0 aliphatic heterocycles. The van der Waals surface area contributed by atoms with E-state index in [2.05, 4.69) is 5.32 Å². The fourth-order valence-electron chi connectivity index (χ4n) is 0. The molecule has 0 rings (SSSR count). The molecular weight excluding hydrogens is 181 g/mol. The van der Waals surface area contributed by atoms with E-state index in [1.54, 1.807) is 29.6 Å². The van der Waals surface area contributed by atoms with Crippen LogP contribution in [0.15, 0.2) is 0 Å². The minimum absolute atomic E-state index is 0.0254. The normalized spacial score (nSPS) is 6.80. The molecule has 0 saturated carbocycles. The monoisotopic (exact) mass is 185 g/mol. The first-order valence-electron chi connectivity index (χ1n) is 1.14. The predicted molar refractivity (Wildman–Crippen MR) is 28.5 cm³/mol. The van der Waals surface area contributed by atoms with E-state index in [0.717, 1.165) is 0 Å². The smallest absolute Gasteiger partial charge is 0.280 e. The lowest BCUT2D eigenvalue weighted by atomic mass is 11.2.